The normalized spacial score (nSPS) is 18.3. The number of aromatic hydroxyl groups is 1. The quantitative estimate of drug-likeness (QED) is 0.816. The highest BCUT2D eigenvalue weighted by Gasteiger charge is 2.38. The van der Waals surface area contributed by atoms with Gasteiger partial charge in [0, 0.05) is 32.0 Å². The molecule has 1 aromatic carbocycles. The van der Waals surface area contributed by atoms with Gasteiger partial charge in [-0.05, 0) is 25.0 Å². The molecule has 1 aromatic rings. The van der Waals surface area contributed by atoms with E-state index in [4.69, 9.17) is 10.5 Å². The van der Waals surface area contributed by atoms with Crippen molar-refractivity contribution in [3.8, 4) is 5.75 Å². The van der Waals surface area contributed by atoms with Crippen LogP contribution in [0.5, 0.6) is 5.75 Å². The summed E-state index contributed by atoms with van der Waals surface area (Å²) in [6, 6.07) is 6.57. The lowest BCUT2D eigenvalue weighted by Crippen LogP contribution is -2.57. The van der Waals surface area contributed by atoms with E-state index in [-0.39, 0.29) is 11.7 Å². The monoisotopic (exact) mass is 250 g/mol. The lowest BCUT2D eigenvalue weighted by atomic mass is 9.89. The highest BCUT2D eigenvalue weighted by Crippen LogP contribution is 2.25. The lowest BCUT2D eigenvalue weighted by molar-refractivity contribution is -0.126. The van der Waals surface area contributed by atoms with Gasteiger partial charge >= 0.3 is 0 Å². The molecule has 0 saturated carbocycles. The van der Waals surface area contributed by atoms with Gasteiger partial charge in [0.05, 0.1) is 0 Å². The fourth-order valence-electron chi connectivity index (χ4n) is 2.10. The maximum Gasteiger partial charge on any atom is 0.246 e. The van der Waals surface area contributed by atoms with Crippen molar-refractivity contribution in [2.24, 2.45) is 5.73 Å². The van der Waals surface area contributed by atoms with Crippen LogP contribution in [0.4, 0.5) is 5.69 Å². The van der Waals surface area contributed by atoms with E-state index in [0.717, 1.165) is 0 Å². The Morgan fingerprint density at radius 2 is 2.11 bits per heavy atom. The Morgan fingerprint density at radius 3 is 2.72 bits per heavy atom. The van der Waals surface area contributed by atoms with Gasteiger partial charge in [0.2, 0.25) is 5.91 Å². The van der Waals surface area contributed by atoms with E-state index in [2.05, 4.69) is 0 Å². The zero-order valence-corrected chi connectivity index (χ0v) is 10.4. The molecule has 5 heteroatoms. The Bertz CT molecular complexity index is 442. The molecule has 0 bridgehead atoms. The molecule has 1 heterocycles. The molecule has 0 unspecified atom stereocenters. The van der Waals surface area contributed by atoms with Gasteiger partial charge in [0.25, 0.3) is 0 Å². The Balaban J connectivity index is 2.17. The summed E-state index contributed by atoms with van der Waals surface area (Å²) in [5.41, 5.74) is 5.92. The summed E-state index contributed by atoms with van der Waals surface area (Å²) in [5.74, 6) is -0.0124. The second-order valence-corrected chi connectivity index (χ2v) is 4.65. The number of carbonyl (C=O) groups is 1. The van der Waals surface area contributed by atoms with Crippen LogP contribution in [-0.2, 0) is 9.53 Å². The number of phenols is 1. The summed E-state index contributed by atoms with van der Waals surface area (Å²) in [5, 5.41) is 9.43. The molecule has 0 spiro atoms. The zero-order valence-electron chi connectivity index (χ0n) is 10.4. The largest absolute Gasteiger partial charge is 0.508 e. The minimum Gasteiger partial charge on any atom is -0.508 e. The summed E-state index contributed by atoms with van der Waals surface area (Å²) < 4.78 is 5.23. The minimum atomic E-state index is -0.863. The van der Waals surface area contributed by atoms with Gasteiger partial charge in [-0.2, -0.15) is 0 Å². The first-order valence-corrected chi connectivity index (χ1v) is 5.97. The van der Waals surface area contributed by atoms with Crippen LogP contribution in [0.1, 0.15) is 12.8 Å². The molecular formula is C13H18N2O3. The van der Waals surface area contributed by atoms with Crippen molar-refractivity contribution in [1.29, 1.82) is 0 Å². The fraction of sp³-hybridized carbons (Fsp3) is 0.462. The zero-order chi connectivity index (χ0) is 13.2. The number of hydrogen-bond acceptors (Lipinski definition) is 4. The van der Waals surface area contributed by atoms with Crippen molar-refractivity contribution < 1.29 is 14.6 Å². The Labute approximate surface area is 106 Å². The summed E-state index contributed by atoms with van der Waals surface area (Å²) in [6.07, 6.45) is 1.05. The molecule has 0 atom stereocenters. The SMILES string of the molecule is CN(C(=O)C1(N)CCOCC1)c1cccc(O)c1. The third-order valence-corrected chi connectivity index (χ3v) is 3.33. The number of benzene rings is 1. The number of nitrogens with zero attached hydrogens (tertiary/aromatic N) is 1. The molecule has 1 aliphatic heterocycles. The number of phenolic OH excluding ortho intramolecular Hbond substituents is 1. The van der Waals surface area contributed by atoms with Gasteiger partial charge in [0.1, 0.15) is 11.3 Å². The van der Waals surface area contributed by atoms with Crippen molar-refractivity contribution >= 4 is 11.6 Å². The predicted octanol–water partition coefficient (Wildman–Crippen LogP) is 0.863. The highest BCUT2D eigenvalue weighted by molar-refractivity contribution is 5.99. The van der Waals surface area contributed by atoms with E-state index in [9.17, 15) is 9.90 Å². The molecule has 0 aromatic heterocycles. The molecule has 1 saturated heterocycles. The van der Waals surface area contributed by atoms with Crippen molar-refractivity contribution in [3.63, 3.8) is 0 Å². The summed E-state index contributed by atoms with van der Waals surface area (Å²) >= 11 is 0. The topological polar surface area (TPSA) is 75.8 Å². The number of ether oxygens (including phenoxy) is 1. The molecule has 98 valence electrons. The van der Waals surface area contributed by atoms with Gasteiger partial charge < -0.3 is 20.5 Å². The first kappa shape index (κ1) is 12.9. The number of nitrogens with two attached hydrogens (primary N) is 1. The second-order valence-electron chi connectivity index (χ2n) is 4.65. The van der Waals surface area contributed by atoms with Crippen molar-refractivity contribution in [3.05, 3.63) is 24.3 Å². The number of likely N-dealkylation sites (N-methyl/N-ethyl adjacent to an activating group) is 1. The summed E-state index contributed by atoms with van der Waals surface area (Å²) in [6.45, 7) is 1.02. The van der Waals surface area contributed by atoms with E-state index in [1.54, 1.807) is 31.3 Å². The average molecular weight is 250 g/mol. The van der Waals surface area contributed by atoms with Crippen LogP contribution < -0.4 is 10.6 Å². The standard InChI is InChI=1S/C13H18N2O3/c1-15(10-3-2-4-11(16)9-10)12(17)13(14)5-7-18-8-6-13/h2-4,9,16H,5-8,14H2,1H3. The van der Waals surface area contributed by atoms with Crippen LogP contribution in [0.2, 0.25) is 0 Å². The van der Waals surface area contributed by atoms with Gasteiger partial charge in [-0.3, -0.25) is 4.79 Å². The van der Waals surface area contributed by atoms with Crippen molar-refractivity contribution in [2.45, 2.75) is 18.4 Å². The van der Waals surface area contributed by atoms with Crippen LogP contribution in [0, 0.1) is 0 Å². The molecule has 1 amide bonds. The van der Waals surface area contributed by atoms with Crippen LogP contribution in [-0.4, -0.2) is 36.8 Å². The molecule has 1 aliphatic rings. The van der Waals surface area contributed by atoms with Crippen LogP contribution >= 0.6 is 0 Å². The molecule has 5 nitrogen and oxygen atoms in total. The smallest absolute Gasteiger partial charge is 0.246 e. The van der Waals surface area contributed by atoms with E-state index in [1.165, 1.54) is 4.90 Å². The summed E-state index contributed by atoms with van der Waals surface area (Å²) in [4.78, 5) is 13.9. The minimum absolute atomic E-state index is 0.130. The maximum atomic E-state index is 12.4. The molecule has 2 rings (SSSR count). The van der Waals surface area contributed by atoms with Crippen LogP contribution in [0.3, 0.4) is 0 Å². The molecule has 18 heavy (non-hydrogen) atoms. The fourth-order valence-corrected chi connectivity index (χ4v) is 2.10. The number of amides is 1. The van der Waals surface area contributed by atoms with Gasteiger partial charge in [-0.25, -0.2) is 0 Å². The highest BCUT2D eigenvalue weighted by atomic mass is 16.5. The first-order chi connectivity index (χ1) is 8.53. The Hall–Kier alpha value is -1.59. The number of rotatable bonds is 2. The van der Waals surface area contributed by atoms with E-state index >= 15 is 0 Å². The first-order valence-electron chi connectivity index (χ1n) is 5.97. The maximum absolute atomic E-state index is 12.4. The second kappa shape index (κ2) is 4.96. The van der Waals surface area contributed by atoms with Crippen molar-refractivity contribution in [2.75, 3.05) is 25.2 Å². The van der Waals surface area contributed by atoms with E-state index in [1.807, 2.05) is 0 Å². The summed E-state index contributed by atoms with van der Waals surface area (Å²) in [7, 11) is 1.67. The average Bonchev–Trinajstić information content (AvgIpc) is 2.38. The number of anilines is 1. The molecular weight excluding hydrogens is 232 g/mol. The Morgan fingerprint density at radius 1 is 1.44 bits per heavy atom. The predicted molar refractivity (Wildman–Crippen MR) is 68.5 cm³/mol. The van der Waals surface area contributed by atoms with E-state index < -0.39 is 5.54 Å². The molecule has 0 aliphatic carbocycles. The third kappa shape index (κ3) is 2.47. The third-order valence-electron chi connectivity index (χ3n) is 3.33. The van der Waals surface area contributed by atoms with Crippen LogP contribution in [0.25, 0.3) is 0 Å². The van der Waals surface area contributed by atoms with Gasteiger partial charge in [-0.15, -0.1) is 0 Å². The molecule has 3 N–H and O–H groups in total. The van der Waals surface area contributed by atoms with Gasteiger partial charge in [-0.1, -0.05) is 6.07 Å². The molecule has 0 radical (unpaired) electrons. The lowest BCUT2D eigenvalue weighted by Gasteiger charge is -2.35. The Kier molecular flexibility index (Phi) is 3.54. The van der Waals surface area contributed by atoms with Crippen molar-refractivity contribution in [1.82, 2.24) is 0 Å². The number of carbonyl (C=O) groups excluding carboxylic acids is 1. The van der Waals surface area contributed by atoms with E-state index in [0.29, 0.717) is 31.7 Å². The molecule has 1 fully saturated rings. The number of hydrogen-bond donors (Lipinski definition) is 2. The van der Waals surface area contributed by atoms with Gasteiger partial charge in [0.15, 0.2) is 0 Å². The van der Waals surface area contributed by atoms with Crippen LogP contribution in [0.15, 0.2) is 24.3 Å².